The lowest BCUT2D eigenvalue weighted by molar-refractivity contribution is 0.450. The van der Waals surface area contributed by atoms with E-state index in [1.165, 1.54) is 11.3 Å². The largest absolute Gasteiger partial charge is 0.469 e. The third-order valence-corrected chi connectivity index (χ3v) is 3.64. The summed E-state index contributed by atoms with van der Waals surface area (Å²) >= 11 is 0. The molecule has 0 amide bonds. The predicted molar refractivity (Wildman–Crippen MR) is 77.4 cm³/mol. The second-order valence-corrected chi connectivity index (χ2v) is 5.30. The molecule has 0 saturated carbocycles. The van der Waals surface area contributed by atoms with Crippen LogP contribution in [0, 0.1) is 0 Å². The Bertz CT molecular complexity index is 496. The molecular formula is C16H20N2O. The summed E-state index contributed by atoms with van der Waals surface area (Å²) in [6, 6.07) is 13.4. The number of furan rings is 1. The number of para-hydroxylation sites is 1. The molecule has 1 aliphatic rings. The lowest BCUT2D eigenvalue weighted by Gasteiger charge is -2.17. The highest BCUT2D eigenvalue weighted by molar-refractivity contribution is 5.56. The molecule has 0 bridgehead atoms. The van der Waals surface area contributed by atoms with E-state index in [0.29, 0.717) is 12.1 Å². The number of fused-ring (bicyclic) bond motifs is 1. The zero-order valence-corrected chi connectivity index (χ0v) is 11.2. The first-order valence-electron chi connectivity index (χ1n) is 6.91. The smallest absolute Gasteiger partial charge is 0.105 e. The monoisotopic (exact) mass is 256 g/mol. The van der Waals surface area contributed by atoms with E-state index in [2.05, 4.69) is 41.8 Å². The highest BCUT2D eigenvalue weighted by Crippen LogP contribution is 2.24. The van der Waals surface area contributed by atoms with Crippen LogP contribution in [0.25, 0.3) is 0 Å². The third kappa shape index (κ3) is 2.99. The maximum absolute atomic E-state index is 5.37. The molecule has 1 aromatic carbocycles. The van der Waals surface area contributed by atoms with Crippen molar-refractivity contribution in [2.24, 2.45) is 0 Å². The quantitative estimate of drug-likeness (QED) is 0.863. The van der Waals surface area contributed by atoms with Gasteiger partial charge >= 0.3 is 0 Å². The molecule has 2 aromatic rings. The summed E-state index contributed by atoms with van der Waals surface area (Å²) in [7, 11) is 0. The molecule has 2 N–H and O–H groups in total. The fourth-order valence-corrected chi connectivity index (χ4v) is 2.64. The zero-order chi connectivity index (χ0) is 13.1. The second kappa shape index (κ2) is 5.49. The third-order valence-electron chi connectivity index (χ3n) is 3.64. The van der Waals surface area contributed by atoms with Crippen molar-refractivity contribution in [1.82, 2.24) is 5.32 Å². The van der Waals surface area contributed by atoms with Crippen LogP contribution in [0.1, 0.15) is 18.2 Å². The summed E-state index contributed by atoms with van der Waals surface area (Å²) in [5, 5.41) is 7.14. The highest BCUT2D eigenvalue weighted by Gasteiger charge is 2.20. The standard InChI is InChI=1S/C16H20N2O/c1-12(9-15-6-4-8-19-15)17-11-14-10-13-5-2-3-7-16(13)18-14/h2-8,12,14,17-18H,9-11H2,1H3. The number of nitrogens with one attached hydrogen (secondary N) is 2. The van der Waals surface area contributed by atoms with Gasteiger partial charge in [-0.15, -0.1) is 0 Å². The van der Waals surface area contributed by atoms with E-state index in [1.54, 1.807) is 6.26 Å². The maximum atomic E-state index is 5.37. The van der Waals surface area contributed by atoms with Gasteiger partial charge in [0.1, 0.15) is 5.76 Å². The van der Waals surface area contributed by atoms with Gasteiger partial charge < -0.3 is 15.1 Å². The second-order valence-electron chi connectivity index (χ2n) is 5.30. The lowest BCUT2D eigenvalue weighted by Crippen LogP contribution is -2.37. The van der Waals surface area contributed by atoms with Gasteiger partial charge in [-0.3, -0.25) is 0 Å². The van der Waals surface area contributed by atoms with E-state index in [-0.39, 0.29) is 0 Å². The van der Waals surface area contributed by atoms with Crippen LogP contribution in [0.3, 0.4) is 0 Å². The minimum absolute atomic E-state index is 0.427. The summed E-state index contributed by atoms with van der Waals surface area (Å²) < 4.78 is 5.37. The van der Waals surface area contributed by atoms with E-state index in [0.717, 1.165) is 25.1 Å². The van der Waals surface area contributed by atoms with Crippen LogP contribution in [0.2, 0.25) is 0 Å². The fraction of sp³-hybridized carbons (Fsp3) is 0.375. The van der Waals surface area contributed by atoms with Gasteiger partial charge in [-0.25, -0.2) is 0 Å². The van der Waals surface area contributed by atoms with E-state index in [4.69, 9.17) is 4.42 Å². The summed E-state index contributed by atoms with van der Waals surface area (Å²) in [6.45, 7) is 3.18. The Morgan fingerprint density at radius 2 is 2.21 bits per heavy atom. The van der Waals surface area contributed by atoms with Crippen LogP contribution in [0.4, 0.5) is 5.69 Å². The molecule has 0 radical (unpaired) electrons. The first-order valence-corrected chi connectivity index (χ1v) is 6.91. The van der Waals surface area contributed by atoms with Gasteiger partial charge in [0.05, 0.1) is 6.26 Å². The molecule has 19 heavy (non-hydrogen) atoms. The maximum Gasteiger partial charge on any atom is 0.105 e. The van der Waals surface area contributed by atoms with E-state index in [1.807, 2.05) is 12.1 Å². The molecule has 2 unspecified atom stereocenters. The molecule has 2 atom stereocenters. The molecule has 0 fully saturated rings. The van der Waals surface area contributed by atoms with Crippen molar-refractivity contribution in [3.05, 3.63) is 54.0 Å². The Morgan fingerprint density at radius 3 is 3.00 bits per heavy atom. The van der Waals surface area contributed by atoms with Gasteiger partial charge in [0.25, 0.3) is 0 Å². The number of hydrogen-bond donors (Lipinski definition) is 2. The van der Waals surface area contributed by atoms with Crippen LogP contribution in [-0.4, -0.2) is 18.6 Å². The topological polar surface area (TPSA) is 37.2 Å². The molecule has 0 spiro atoms. The highest BCUT2D eigenvalue weighted by atomic mass is 16.3. The average Bonchev–Trinajstić information content (AvgIpc) is 3.04. The van der Waals surface area contributed by atoms with Crippen LogP contribution in [0.15, 0.2) is 47.1 Å². The van der Waals surface area contributed by atoms with Crippen molar-refractivity contribution in [2.45, 2.75) is 31.8 Å². The van der Waals surface area contributed by atoms with Crippen LogP contribution < -0.4 is 10.6 Å². The fourth-order valence-electron chi connectivity index (χ4n) is 2.64. The van der Waals surface area contributed by atoms with Crippen molar-refractivity contribution in [1.29, 1.82) is 0 Å². The molecular weight excluding hydrogens is 236 g/mol. The summed E-state index contributed by atoms with van der Waals surface area (Å²) in [4.78, 5) is 0. The van der Waals surface area contributed by atoms with Gasteiger partial charge in [0.15, 0.2) is 0 Å². The first-order chi connectivity index (χ1) is 9.31. The summed E-state index contributed by atoms with van der Waals surface area (Å²) in [5.74, 6) is 1.04. The normalized spacial score (nSPS) is 18.9. The minimum atomic E-state index is 0.427. The van der Waals surface area contributed by atoms with Crippen molar-refractivity contribution in [3.8, 4) is 0 Å². The Labute approximate surface area is 114 Å². The summed E-state index contributed by atoms with van der Waals surface area (Å²) in [6.07, 6.45) is 3.78. The summed E-state index contributed by atoms with van der Waals surface area (Å²) in [5.41, 5.74) is 2.71. The van der Waals surface area contributed by atoms with E-state index < -0.39 is 0 Å². The van der Waals surface area contributed by atoms with Crippen LogP contribution >= 0.6 is 0 Å². The predicted octanol–water partition coefficient (Wildman–Crippen LogP) is 2.84. The average molecular weight is 256 g/mol. The van der Waals surface area contributed by atoms with Crippen molar-refractivity contribution >= 4 is 5.69 Å². The molecule has 3 nitrogen and oxygen atoms in total. The van der Waals surface area contributed by atoms with Gasteiger partial charge in [-0.2, -0.15) is 0 Å². The Balaban J connectivity index is 1.46. The van der Waals surface area contributed by atoms with Crippen molar-refractivity contribution in [2.75, 3.05) is 11.9 Å². The van der Waals surface area contributed by atoms with E-state index in [9.17, 15) is 0 Å². The molecule has 1 aliphatic heterocycles. The Hall–Kier alpha value is -1.74. The van der Waals surface area contributed by atoms with Crippen LogP contribution in [-0.2, 0) is 12.8 Å². The Morgan fingerprint density at radius 1 is 1.32 bits per heavy atom. The van der Waals surface area contributed by atoms with Crippen molar-refractivity contribution in [3.63, 3.8) is 0 Å². The SMILES string of the molecule is CC(Cc1ccco1)NCC1Cc2ccccc2N1. The molecule has 0 saturated heterocycles. The lowest BCUT2D eigenvalue weighted by atomic mass is 10.1. The van der Waals surface area contributed by atoms with Gasteiger partial charge in [-0.05, 0) is 37.1 Å². The number of anilines is 1. The number of benzene rings is 1. The number of hydrogen-bond acceptors (Lipinski definition) is 3. The Kier molecular flexibility index (Phi) is 3.56. The zero-order valence-electron chi connectivity index (χ0n) is 11.2. The first kappa shape index (κ1) is 12.3. The molecule has 0 aliphatic carbocycles. The van der Waals surface area contributed by atoms with Gasteiger partial charge in [-0.1, -0.05) is 18.2 Å². The minimum Gasteiger partial charge on any atom is -0.469 e. The van der Waals surface area contributed by atoms with E-state index >= 15 is 0 Å². The van der Waals surface area contributed by atoms with Crippen molar-refractivity contribution < 1.29 is 4.42 Å². The molecule has 3 rings (SSSR count). The molecule has 1 aromatic heterocycles. The van der Waals surface area contributed by atoms with Gasteiger partial charge in [0, 0.05) is 30.7 Å². The van der Waals surface area contributed by atoms with Gasteiger partial charge in [0.2, 0.25) is 0 Å². The molecule has 3 heteroatoms. The van der Waals surface area contributed by atoms with Crippen LogP contribution in [0.5, 0.6) is 0 Å². The molecule has 2 heterocycles. The number of rotatable bonds is 5. The molecule has 100 valence electrons.